The Morgan fingerprint density at radius 3 is 2.23 bits per heavy atom. The molecule has 0 aliphatic rings. The number of amides is 2. The summed E-state index contributed by atoms with van der Waals surface area (Å²) in [7, 11) is -2.37. The first-order chi connectivity index (χ1) is 19.0. The molecule has 0 aromatic heterocycles. The highest BCUT2D eigenvalue weighted by atomic mass is 79.9. The number of carbonyl (C=O) groups excluding carboxylic acids is 2. The van der Waals surface area contributed by atoms with Gasteiger partial charge in [-0.2, -0.15) is 0 Å². The van der Waals surface area contributed by atoms with Crippen molar-refractivity contribution in [2.24, 2.45) is 5.92 Å². The lowest BCUT2D eigenvalue weighted by atomic mass is 10.0. The third kappa shape index (κ3) is 9.09. The standard InChI is InChI=1S/C30H36BrN3O5S/c1-22(2)19-32-30(36)28(17-23-9-6-5-7-10-23)33(20-24-13-15-25(31)16-14-24)29(35)21-34(40(4,37)38)26-11-8-12-27(18-26)39-3/h5-16,18,22,28H,17,19-21H2,1-4H3,(H,32,36)/t28-/m0/s1. The van der Waals surface area contributed by atoms with Gasteiger partial charge in [0.2, 0.25) is 21.8 Å². The van der Waals surface area contributed by atoms with Crippen LogP contribution in [0.2, 0.25) is 0 Å². The molecular formula is C30H36BrN3O5S. The lowest BCUT2D eigenvalue weighted by Crippen LogP contribution is -2.53. The van der Waals surface area contributed by atoms with Gasteiger partial charge in [0.15, 0.2) is 0 Å². The zero-order valence-corrected chi connectivity index (χ0v) is 25.6. The Balaban J connectivity index is 2.04. The molecule has 214 valence electrons. The zero-order valence-electron chi connectivity index (χ0n) is 23.2. The fourth-order valence-corrected chi connectivity index (χ4v) is 5.25. The molecule has 0 aliphatic heterocycles. The maximum absolute atomic E-state index is 14.1. The van der Waals surface area contributed by atoms with Crippen LogP contribution in [0.15, 0.2) is 83.3 Å². The second-order valence-electron chi connectivity index (χ2n) is 9.96. The number of nitrogens with zero attached hydrogens (tertiary/aromatic N) is 2. The highest BCUT2D eigenvalue weighted by molar-refractivity contribution is 9.10. The van der Waals surface area contributed by atoms with Gasteiger partial charge in [-0.05, 0) is 41.3 Å². The predicted molar refractivity (Wildman–Crippen MR) is 162 cm³/mol. The van der Waals surface area contributed by atoms with E-state index in [4.69, 9.17) is 4.74 Å². The number of methoxy groups -OCH3 is 1. The minimum Gasteiger partial charge on any atom is -0.497 e. The lowest BCUT2D eigenvalue weighted by Gasteiger charge is -2.33. The number of carbonyl (C=O) groups is 2. The fourth-order valence-electron chi connectivity index (χ4n) is 4.14. The van der Waals surface area contributed by atoms with Gasteiger partial charge in [0.25, 0.3) is 0 Å². The number of hydrogen-bond acceptors (Lipinski definition) is 5. The average Bonchev–Trinajstić information content (AvgIpc) is 2.93. The zero-order chi connectivity index (χ0) is 29.3. The van der Waals surface area contributed by atoms with E-state index in [2.05, 4.69) is 21.2 Å². The van der Waals surface area contributed by atoms with Crippen LogP contribution >= 0.6 is 15.9 Å². The average molecular weight is 631 g/mol. The quantitative estimate of drug-likeness (QED) is 0.297. The molecule has 0 fully saturated rings. The first kappa shape index (κ1) is 31.2. The van der Waals surface area contributed by atoms with E-state index in [9.17, 15) is 18.0 Å². The van der Waals surface area contributed by atoms with Crippen LogP contribution in [0.3, 0.4) is 0 Å². The van der Waals surface area contributed by atoms with Crippen molar-refractivity contribution in [2.45, 2.75) is 32.9 Å². The van der Waals surface area contributed by atoms with E-state index >= 15 is 0 Å². The molecule has 40 heavy (non-hydrogen) atoms. The van der Waals surface area contributed by atoms with Crippen LogP contribution in [0.5, 0.6) is 5.75 Å². The Morgan fingerprint density at radius 1 is 0.950 bits per heavy atom. The maximum Gasteiger partial charge on any atom is 0.244 e. The summed E-state index contributed by atoms with van der Waals surface area (Å²) in [5.74, 6) is -0.127. The summed E-state index contributed by atoms with van der Waals surface area (Å²) in [6.07, 6.45) is 1.32. The monoisotopic (exact) mass is 629 g/mol. The van der Waals surface area contributed by atoms with Crippen LogP contribution in [0, 0.1) is 5.92 Å². The molecule has 1 N–H and O–H groups in total. The first-order valence-electron chi connectivity index (χ1n) is 12.9. The van der Waals surface area contributed by atoms with Crippen LogP contribution in [0.1, 0.15) is 25.0 Å². The second-order valence-corrected chi connectivity index (χ2v) is 12.8. The second kappa shape index (κ2) is 14.3. The molecule has 0 aliphatic carbocycles. The summed E-state index contributed by atoms with van der Waals surface area (Å²) in [5.41, 5.74) is 1.98. The SMILES string of the molecule is COc1cccc(N(CC(=O)N(Cc2ccc(Br)cc2)[C@@H](Cc2ccccc2)C(=O)NCC(C)C)S(C)(=O)=O)c1. The molecule has 0 saturated heterocycles. The number of rotatable bonds is 13. The Bertz CT molecular complexity index is 1380. The van der Waals surface area contributed by atoms with E-state index in [0.29, 0.717) is 18.0 Å². The van der Waals surface area contributed by atoms with E-state index in [1.807, 2.05) is 68.4 Å². The van der Waals surface area contributed by atoms with Crippen molar-refractivity contribution in [1.29, 1.82) is 0 Å². The minimum atomic E-state index is -3.85. The first-order valence-corrected chi connectivity index (χ1v) is 15.6. The van der Waals surface area contributed by atoms with Crippen LogP contribution in [-0.4, -0.2) is 57.6 Å². The van der Waals surface area contributed by atoms with Gasteiger partial charge in [0.05, 0.1) is 19.1 Å². The summed E-state index contributed by atoms with van der Waals surface area (Å²) >= 11 is 3.43. The molecule has 0 heterocycles. The van der Waals surface area contributed by atoms with Crippen molar-refractivity contribution < 1.29 is 22.7 Å². The molecular weight excluding hydrogens is 594 g/mol. The largest absolute Gasteiger partial charge is 0.497 e. The molecule has 0 bridgehead atoms. The lowest BCUT2D eigenvalue weighted by molar-refractivity contribution is -0.140. The normalized spacial score (nSPS) is 12.1. The number of halogens is 1. The molecule has 2 amide bonds. The molecule has 0 radical (unpaired) electrons. The van der Waals surface area contributed by atoms with Crippen LogP contribution < -0.4 is 14.4 Å². The van der Waals surface area contributed by atoms with Gasteiger partial charge >= 0.3 is 0 Å². The molecule has 0 saturated carbocycles. The van der Waals surface area contributed by atoms with Crippen LogP contribution in [0.25, 0.3) is 0 Å². The Hall–Kier alpha value is -3.37. The van der Waals surface area contributed by atoms with Gasteiger partial charge in [0.1, 0.15) is 18.3 Å². The molecule has 8 nitrogen and oxygen atoms in total. The van der Waals surface area contributed by atoms with E-state index < -0.39 is 28.5 Å². The summed E-state index contributed by atoms with van der Waals surface area (Å²) in [6.45, 7) is 4.08. The van der Waals surface area contributed by atoms with Crippen molar-refractivity contribution >= 4 is 43.5 Å². The van der Waals surface area contributed by atoms with Crippen molar-refractivity contribution in [2.75, 3.05) is 30.8 Å². The third-order valence-electron chi connectivity index (χ3n) is 6.24. The van der Waals surface area contributed by atoms with Gasteiger partial charge in [0, 0.05) is 30.0 Å². The smallest absolute Gasteiger partial charge is 0.244 e. The topological polar surface area (TPSA) is 96.0 Å². The Labute approximate surface area is 245 Å². The van der Waals surface area contributed by atoms with Crippen LogP contribution in [0.4, 0.5) is 5.69 Å². The molecule has 0 unspecified atom stereocenters. The summed E-state index contributed by atoms with van der Waals surface area (Å²) < 4.78 is 33.0. The Kier molecular flexibility index (Phi) is 11.2. The summed E-state index contributed by atoms with van der Waals surface area (Å²) in [6, 6.07) is 22.6. The maximum atomic E-state index is 14.1. The van der Waals surface area contributed by atoms with E-state index in [1.54, 1.807) is 24.3 Å². The van der Waals surface area contributed by atoms with Gasteiger partial charge in [-0.25, -0.2) is 8.42 Å². The fraction of sp³-hybridized carbons (Fsp3) is 0.333. The van der Waals surface area contributed by atoms with E-state index in [1.165, 1.54) is 12.0 Å². The van der Waals surface area contributed by atoms with Crippen LogP contribution in [-0.2, 0) is 32.6 Å². The van der Waals surface area contributed by atoms with Gasteiger partial charge < -0.3 is 15.0 Å². The Morgan fingerprint density at radius 2 is 1.62 bits per heavy atom. The van der Waals surface area contributed by atoms with E-state index in [-0.39, 0.29) is 24.8 Å². The number of benzene rings is 3. The van der Waals surface area contributed by atoms with Crippen molar-refractivity contribution in [1.82, 2.24) is 10.2 Å². The van der Waals surface area contributed by atoms with Crippen molar-refractivity contribution in [3.05, 3.63) is 94.5 Å². The predicted octanol–water partition coefficient (Wildman–Crippen LogP) is 4.64. The highest BCUT2D eigenvalue weighted by Crippen LogP contribution is 2.24. The molecule has 3 aromatic carbocycles. The summed E-state index contributed by atoms with van der Waals surface area (Å²) in [5, 5.41) is 2.97. The van der Waals surface area contributed by atoms with Crippen molar-refractivity contribution in [3.8, 4) is 5.75 Å². The molecule has 3 aromatic rings. The summed E-state index contributed by atoms with van der Waals surface area (Å²) in [4.78, 5) is 29.2. The van der Waals surface area contributed by atoms with E-state index in [0.717, 1.165) is 26.2 Å². The number of sulfonamides is 1. The minimum absolute atomic E-state index is 0.119. The van der Waals surface area contributed by atoms with Crippen molar-refractivity contribution in [3.63, 3.8) is 0 Å². The highest BCUT2D eigenvalue weighted by Gasteiger charge is 2.33. The van der Waals surface area contributed by atoms with Gasteiger partial charge in [-0.15, -0.1) is 0 Å². The van der Waals surface area contributed by atoms with Gasteiger partial charge in [-0.3, -0.25) is 13.9 Å². The van der Waals surface area contributed by atoms with Gasteiger partial charge in [-0.1, -0.05) is 78.3 Å². The molecule has 3 rings (SSSR count). The number of hydrogen-bond donors (Lipinski definition) is 1. The molecule has 10 heteroatoms. The molecule has 0 spiro atoms. The number of nitrogens with one attached hydrogen (secondary N) is 1. The number of anilines is 1. The number of ether oxygens (including phenoxy) is 1. The third-order valence-corrected chi connectivity index (χ3v) is 7.91. The molecule has 1 atom stereocenters.